The highest BCUT2D eigenvalue weighted by atomic mass is 16.5. The van der Waals surface area contributed by atoms with E-state index in [1.165, 1.54) is 0 Å². The highest BCUT2D eigenvalue weighted by molar-refractivity contribution is 5.79. The van der Waals surface area contributed by atoms with Crippen molar-refractivity contribution in [3.8, 4) is 5.75 Å². The summed E-state index contributed by atoms with van der Waals surface area (Å²) < 4.78 is 5.20. The summed E-state index contributed by atoms with van der Waals surface area (Å²) in [5.41, 5.74) is 0.882. The molecule has 0 saturated heterocycles. The molecular formula is C14H21NO3. The number of methoxy groups -OCH3 is 1. The van der Waals surface area contributed by atoms with Crippen molar-refractivity contribution in [3.05, 3.63) is 29.8 Å². The molecule has 0 saturated carbocycles. The lowest BCUT2D eigenvalue weighted by atomic mass is 10.1. The third-order valence-electron chi connectivity index (χ3n) is 2.81. The van der Waals surface area contributed by atoms with Crippen LogP contribution in [0.2, 0.25) is 0 Å². The van der Waals surface area contributed by atoms with Gasteiger partial charge in [-0.15, -0.1) is 0 Å². The number of rotatable bonds is 7. The fourth-order valence-electron chi connectivity index (χ4n) is 1.70. The van der Waals surface area contributed by atoms with Gasteiger partial charge in [-0.25, -0.2) is 0 Å². The van der Waals surface area contributed by atoms with Crippen LogP contribution in [-0.2, 0) is 11.2 Å². The molecule has 0 radical (unpaired) electrons. The van der Waals surface area contributed by atoms with Crippen LogP contribution in [0.4, 0.5) is 0 Å². The summed E-state index contributed by atoms with van der Waals surface area (Å²) in [6.45, 7) is 2.75. The van der Waals surface area contributed by atoms with Crippen molar-refractivity contribution in [3.63, 3.8) is 0 Å². The molecule has 0 aliphatic rings. The summed E-state index contributed by atoms with van der Waals surface area (Å²) in [4.78, 5) is 11.8. The van der Waals surface area contributed by atoms with Gasteiger partial charge in [0.05, 0.1) is 13.5 Å². The van der Waals surface area contributed by atoms with Crippen molar-refractivity contribution >= 4 is 5.91 Å². The minimum Gasteiger partial charge on any atom is -0.496 e. The van der Waals surface area contributed by atoms with Crippen molar-refractivity contribution in [1.82, 2.24) is 5.32 Å². The number of aliphatic hydroxyl groups excluding tert-OH is 1. The molecular weight excluding hydrogens is 230 g/mol. The van der Waals surface area contributed by atoms with Crippen molar-refractivity contribution in [2.45, 2.75) is 19.8 Å². The Morgan fingerprint density at radius 3 is 2.83 bits per heavy atom. The normalized spacial score (nSPS) is 11.9. The highest BCUT2D eigenvalue weighted by Gasteiger charge is 2.09. The third-order valence-corrected chi connectivity index (χ3v) is 2.81. The second-order valence-electron chi connectivity index (χ2n) is 4.41. The first kappa shape index (κ1) is 14.5. The number of hydrogen-bond donors (Lipinski definition) is 2. The molecule has 1 aromatic rings. The Kier molecular flexibility index (Phi) is 6.22. The van der Waals surface area contributed by atoms with E-state index in [1.54, 1.807) is 7.11 Å². The molecule has 0 aliphatic carbocycles. The third kappa shape index (κ3) is 4.75. The molecule has 0 fully saturated rings. The van der Waals surface area contributed by atoms with Crippen LogP contribution >= 0.6 is 0 Å². The summed E-state index contributed by atoms with van der Waals surface area (Å²) in [6.07, 6.45) is 1.02. The van der Waals surface area contributed by atoms with Crippen LogP contribution in [-0.4, -0.2) is 31.3 Å². The van der Waals surface area contributed by atoms with E-state index in [0.717, 1.165) is 11.3 Å². The van der Waals surface area contributed by atoms with E-state index < -0.39 is 0 Å². The molecule has 1 amide bonds. The zero-order chi connectivity index (χ0) is 13.4. The van der Waals surface area contributed by atoms with E-state index in [9.17, 15) is 4.79 Å². The monoisotopic (exact) mass is 251 g/mol. The number of nitrogens with one attached hydrogen (secondary N) is 1. The molecule has 0 bridgehead atoms. The Balaban J connectivity index is 2.44. The lowest BCUT2D eigenvalue weighted by Crippen LogP contribution is -2.30. The number of amides is 1. The second-order valence-corrected chi connectivity index (χ2v) is 4.41. The molecule has 100 valence electrons. The van der Waals surface area contributed by atoms with E-state index in [-0.39, 0.29) is 18.4 Å². The molecule has 4 heteroatoms. The maximum Gasteiger partial charge on any atom is 0.224 e. The van der Waals surface area contributed by atoms with E-state index in [4.69, 9.17) is 9.84 Å². The minimum absolute atomic E-state index is 0.0238. The molecule has 1 aromatic carbocycles. The SMILES string of the molecule is COc1ccccc1CC(=O)NCC(C)CCO. The summed E-state index contributed by atoms with van der Waals surface area (Å²) >= 11 is 0. The lowest BCUT2D eigenvalue weighted by Gasteiger charge is -2.12. The maximum absolute atomic E-state index is 11.8. The zero-order valence-corrected chi connectivity index (χ0v) is 11.0. The van der Waals surface area contributed by atoms with Gasteiger partial charge in [-0.05, 0) is 18.4 Å². The second kappa shape index (κ2) is 7.71. The van der Waals surface area contributed by atoms with Crippen LogP contribution in [0.3, 0.4) is 0 Å². The van der Waals surface area contributed by atoms with Gasteiger partial charge in [0, 0.05) is 18.7 Å². The number of aliphatic hydroxyl groups is 1. The van der Waals surface area contributed by atoms with Gasteiger partial charge in [-0.2, -0.15) is 0 Å². The van der Waals surface area contributed by atoms with Crippen molar-refractivity contribution < 1.29 is 14.6 Å². The quantitative estimate of drug-likeness (QED) is 0.769. The number of ether oxygens (including phenoxy) is 1. The Bertz CT molecular complexity index is 379. The predicted molar refractivity (Wildman–Crippen MR) is 70.6 cm³/mol. The standard InChI is InChI=1S/C14H21NO3/c1-11(7-8-16)10-15-14(17)9-12-5-3-4-6-13(12)18-2/h3-6,11,16H,7-10H2,1-2H3,(H,15,17). The summed E-state index contributed by atoms with van der Waals surface area (Å²) in [5, 5.41) is 11.6. The number of carbonyl (C=O) groups excluding carboxylic acids is 1. The van der Waals surface area contributed by atoms with Crippen LogP contribution in [0.15, 0.2) is 24.3 Å². The molecule has 1 atom stereocenters. The summed E-state index contributed by atoms with van der Waals surface area (Å²) in [6, 6.07) is 7.50. The number of carbonyl (C=O) groups is 1. The van der Waals surface area contributed by atoms with Crippen molar-refractivity contribution in [1.29, 1.82) is 0 Å². The molecule has 0 spiro atoms. The van der Waals surface area contributed by atoms with Crippen LogP contribution in [0, 0.1) is 5.92 Å². The molecule has 0 aromatic heterocycles. The van der Waals surface area contributed by atoms with Crippen molar-refractivity contribution in [2.24, 2.45) is 5.92 Å². The van der Waals surface area contributed by atoms with Gasteiger partial charge in [0.2, 0.25) is 5.91 Å². The van der Waals surface area contributed by atoms with Gasteiger partial charge in [-0.1, -0.05) is 25.1 Å². The van der Waals surface area contributed by atoms with Gasteiger partial charge < -0.3 is 15.2 Å². The Morgan fingerprint density at radius 1 is 1.44 bits per heavy atom. The maximum atomic E-state index is 11.8. The van der Waals surface area contributed by atoms with Gasteiger partial charge in [-0.3, -0.25) is 4.79 Å². The molecule has 0 aliphatic heterocycles. The lowest BCUT2D eigenvalue weighted by molar-refractivity contribution is -0.120. The molecule has 2 N–H and O–H groups in total. The molecule has 1 unspecified atom stereocenters. The van der Waals surface area contributed by atoms with Crippen LogP contribution in [0.5, 0.6) is 5.75 Å². The summed E-state index contributed by atoms with van der Waals surface area (Å²) in [7, 11) is 1.60. The number of benzene rings is 1. The Labute approximate surface area is 108 Å². The average molecular weight is 251 g/mol. The largest absolute Gasteiger partial charge is 0.496 e. The van der Waals surface area contributed by atoms with Gasteiger partial charge in [0.15, 0.2) is 0 Å². The van der Waals surface area contributed by atoms with Gasteiger partial charge >= 0.3 is 0 Å². The smallest absolute Gasteiger partial charge is 0.224 e. The van der Waals surface area contributed by atoms with Crippen LogP contribution < -0.4 is 10.1 Å². The molecule has 1 rings (SSSR count). The highest BCUT2D eigenvalue weighted by Crippen LogP contribution is 2.17. The first-order chi connectivity index (χ1) is 8.67. The van der Waals surface area contributed by atoms with E-state index in [1.807, 2.05) is 31.2 Å². The topological polar surface area (TPSA) is 58.6 Å². The number of hydrogen-bond acceptors (Lipinski definition) is 3. The molecule has 4 nitrogen and oxygen atoms in total. The molecule has 18 heavy (non-hydrogen) atoms. The van der Waals surface area contributed by atoms with E-state index in [2.05, 4.69) is 5.32 Å². The van der Waals surface area contributed by atoms with Gasteiger partial charge in [0.25, 0.3) is 0 Å². The average Bonchev–Trinajstić information content (AvgIpc) is 2.37. The first-order valence-corrected chi connectivity index (χ1v) is 6.16. The van der Waals surface area contributed by atoms with Gasteiger partial charge in [0.1, 0.15) is 5.75 Å². The first-order valence-electron chi connectivity index (χ1n) is 6.16. The fraction of sp³-hybridized carbons (Fsp3) is 0.500. The van der Waals surface area contributed by atoms with Crippen LogP contribution in [0.1, 0.15) is 18.9 Å². The minimum atomic E-state index is -0.0238. The predicted octanol–water partition coefficient (Wildman–Crippen LogP) is 1.37. The number of para-hydroxylation sites is 1. The fourth-order valence-corrected chi connectivity index (χ4v) is 1.70. The van der Waals surface area contributed by atoms with E-state index >= 15 is 0 Å². The molecule has 0 heterocycles. The van der Waals surface area contributed by atoms with Crippen molar-refractivity contribution in [2.75, 3.05) is 20.3 Å². The van der Waals surface area contributed by atoms with Crippen LogP contribution in [0.25, 0.3) is 0 Å². The summed E-state index contributed by atoms with van der Waals surface area (Å²) in [5.74, 6) is 0.997. The zero-order valence-electron chi connectivity index (χ0n) is 11.0. The Hall–Kier alpha value is -1.55. The van der Waals surface area contributed by atoms with E-state index in [0.29, 0.717) is 19.4 Å². The Morgan fingerprint density at radius 2 is 2.17 bits per heavy atom.